The summed E-state index contributed by atoms with van der Waals surface area (Å²) in [7, 11) is 1.92. The number of H-pyrrole nitrogens is 1. The van der Waals surface area contributed by atoms with Crippen molar-refractivity contribution >= 4 is 28.3 Å². The van der Waals surface area contributed by atoms with Gasteiger partial charge in [0.05, 0.1) is 23.0 Å². The Morgan fingerprint density at radius 1 is 0.925 bits per heavy atom. The van der Waals surface area contributed by atoms with Gasteiger partial charge in [-0.15, -0.1) is 0 Å². The second-order valence-corrected chi connectivity index (χ2v) is 10.4. The summed E-state index contributed by atoms with van der Waals surface area (Å²) < 4.78 is 0. The number of anilines is 1. The molecule has 0 aliphatic carbocycles. The van der Waals surface area contributed by atoms with Gasteiger partial charge in [-0.2, -0.15) is 5.10 Å². The predicted octanol–water partition coefficient (Wildman–Crippen LogP) is 3.44. The van der Waals surface area contributed by atoms with E-state index in [0.717, 1.165) is 34.4 Å². The lowest BCUT2D eigenvalue weighted by Crippen LogP contribution is -2.36. The van der Waals surface area contributed by atoms with Crippen molar-refractivity contribution in [3.05, 3.63) is 105 Å². The molecular formula is C31H34N6O3. The minimum atomic E-state index is -0.229. The van der Waals surface area contributed by atoms with Gasteiger partial charge in [-0.1, -0.05) is 56.3 Å². The normalized spacial score (nSPS) is 16.0. The highest BCUT2D eigenvalue weighted by molar-refractivity contribution is 5.97. The fourth-order valence-corrected chi connectivity index (χ4v) is 5.18. The molecule has 4 aromatic rings. The van der Waals surface area contributed by atoms with E-state index in [0.29, 0.717) is 24.0 Å². The number of rotatable bonds is 9. The molecule has 5 rings (SSSR count). The number of carbonyl (C=O) groups excluding carboxylic acids is 2. The van der Waals surface area contributed by atoms with Crippen molar-refractivity contribution in [3.8, 4) is 0 Å². The van der Waals surface area contributed by atoms with Crippen LogP contribution in [0.1, 0.15) is 58.5 Å². The monoisotopic (exact) mass is 538 g/mol. The number of aromatic nitrogens is 2. The average molecular weight is 539 g/mol. The zero-order chi connectivity index (χ0) is 28.2. The minimum Gasteiger partial charge on any atom is -0.377 e. The van der Waals surface area contributed by atoms with Gasteiger partial charge in [0.2, 0.25) is 5.91 Å². The maximum Gasteiger partial charge on any atom is 0.272 e. The molecule has 0 fully saturated rings. The third-order valence-corrected chi connectivity index (χ3v) is 7.27. The van der Waals surface area contributed by atoms with E-state index in [4.69, 9.17) is 0 Å². The van der Waals surface area contributed by atoms with E-state index in [9.17, 15) is 14.4 Å². The number of nitrogens with one attached hydrogen (secondary N) is 5. The van der Waals surface area contributed by atoms with E-state index in [1.165, 1.54) is 5.56 Å². The summed E-state index contributed by atoms with van der Waals surface area (Å²) in [5, 5.41) is 21.1. The highest BCUT2D eigenvalue weighted by atomic mass is 16.2. The molecule has 5 N–H and O–H groups in total. The number of benzene rings is 3. The fourth-order valence-electron chi connectivity index (χ4n) is 5.18. The lowest BCUT2D eigenvalue weighted by molar-refractivity contribution is -0.123. The Morgan fingerprint density at radius 3 is 2.33 bits per heavy atom. The maximum atomic E-state index is 12.7. The molecule has 1 aliphatic rings. The van der Waals surface area contributed by atoms with Crippen LogP contribution in [-0.2, 0) is 11.3 Å². The lowest BCUT2D eigenvalue weighted by Gasteiger charge is -2.35. The Balaban J connectivity index is 1.45. The Hall–Kier alpha value is -4.50. The Kier molecular flexibility index (Phi) is 7.93. The summed E-state index contributed by atoms with van der Waals surface area (Å²) in [6, 6.07) is 21.4. The molecule has 0 saturated heterocycles. The molecule has 2 amide bonds. The van der Waals surface area contributed by atoms with Crippen LogP contribution < -0.4 is 26.8 Å². The first-order valence-corrected chi connectivity index (χ1v) is 13.5. The molecule has 0 radical (unpaired) electrons. The van der Waals surface area contributed by atoms with Gasteiger partial charge in [-0.25, -0.2) is 5.10 Å². The summed E-state index contributed by atoms with van der Waals surface area (Å²) in [5.74, 6) is -0.568. The number of aromatic amines is 1. The van der Waals surface area contributed by atoms with Gasteiger partial charge in [0.1, 0.15) is 0 Å². The zero-order valence-corrected chi connectivity index (χ0v) is 22.9. The quantitative estimate of drug-likeness (QED) is 0.208. The van der Waals surface area contributed by atoms with E-state index in [1.54, 1.807) is 12.1 Å². The second-order valence-electron chi connectivity index (χ2n) is 10.4. The molecule has 2 atom stereocenters. The number of carbonyl (C=O) groups is 2. The number of nitrogens with zero attached hydrogens (tertiary/aromatic N) is 1. The third-order valence-electron chi connectivity index (χ3n) is 7.27. The Labute approximate surface area is 232 Å². The van der Waals surface area contributed by atoms with Crippen molar-refractivity contribution in [2.45, 2.75) is 32.4 Å². The first-order valence-electron chi connectivity index (χ1n) is 13.5. The van der Waals surface area contributed by atoms with Gasteiger partial charge in [-0.3, -0.25) is 14.4 Å². The Bertz CT molecular complexity index is 1580. The second kappa shape index (κ2) is 11.7. The maximum absolute atomic E-state index is 12.7. The van der Waals surface area contributed by atoms with Gasteiger partial charge in [0.25, 0.3) is 11.5 Å². The zero-order valence-electron chi connectivity index (χ0n) is 22.9. The summed E-state index contributed by atoms with van der Waals surface area (Å²) >= 11 is 0. The van der Waals surface area contributed by atoms with Gasteiger partial charge >= 0.3 is 0 Å². The molecule has 0 saturated carbocycles. The van der Waals surface area contributed by atoms with Crippen LogP contribution in [0.15, 0.2) is 71.5 Å². The summed E-state index contributed by atoms with van der Waals surface area (Å²) in [6.45, 7) is 5.14. The van der Waals surface area contributed by atoms with Crippen molar-refractivity contribution < 1.29 is 9.59 Å². The van der Waals surface area contributed by atoms with E-state index in [1.807, 2.05) is 51.2 Å². The minimum absolute atomic E-state index is 0.0440. The van der Waals surface area contributed by atoms with E-state index >= 15 is 0 Å². The molecule has 9 nitrogen and oxygen atoms in total. The molecule has 3 aromatic carbocycles. The average Bonchev–Trinajstić information content (AvgIpc) is 2.97. The van der Waals surface area contributed by atoms with Crippen molar-refractivity contribution in [2.24, 2.45) is 5.92 Å². The highest BCUT2D eigenvalue weighted by Crippen LogP contribution is 2.46. The SMILES string of the molecule is CNCc1ccc(C2Nc3cccc4c(=O)[nH]nc(c34)C2c2ccc(C(=O)NCCNC(=O)C(C)C)cc2)cc1. The summed E-state index contributed by atoms with van der Waals surface area (Å²) in [5.41, 5.74) is 5.18. The molecule has 2 heterocycles. The van der Waals surface area contributed by atoms with Crippen LogP contribution in [0.3, 0.4) is 0 Å². The number of hydrogen-bond donors (Lipinski definition) is 5. The van der Waals surface area contributed by atoms with Crippen molar-refractivity contribution in [1.29, 1.82) is 0 Å². The van der Waals surface area contributed by atoms with Crippen molar-refractivity contribution in [2.75, 3.05) is 25.5 Å². The van der Waals surface area contributed by atoms with Crippen molar-refractivity contribution in [1.82, 2.24) is 26.1 Å². The van der Waals surface area contributed by atoms with Crippen LogP contribution in [0.4, 0.5) is 5.69 Å². The summed E-state index contributed by atoms with van der Waals surface area (Å²) in [4.78, 5) is 37.1. The largest absolute Gasteiger partial charge is 0.377 e. The first kappa shape index (κ1) is 27.1. The molecule has 9 heteroatoms. The van der Waals surface area contributed by atoms with Crippen LogP contribution in [0.2, 0.25) is 0 Å². The molecule has 1 aromatic heterocycles. The lowest BCUT2D eigenvalue weighted by atomic mass is 9.79. The van der Waals surface area contributed by atoms with Crippen molar-refractivity contribution in [3.63, 3.8) is 0 Å². The molecule has 0 spiro atoms. The van der Waals surface area contributed by atoms with Crippen LogP contribution in [-0.4, -0.2) is 42.1 Å². The summed E-state index contributed by atoms with van der Waals surface area (Å²) in [6.07, 6.45) is 0. The molecule has 206 valence electrons. The predicted molar refractivity (Wildman–Crippen MR) is 156 cm³/mol. The van der Waals surface area contributed by atoms with Crippen LogP contribution >= 0.6 is 0 Å². The van der Waals surface area contributed by atoms with Crippen LogP contribution in [0.25, 0.3) is 10.8 Å². The molecular weight excluding hydrogens is 504 g/mol. The van der Waals surface area contributed by atoms with E-state index in [2.05, 4.69) is 55.7 Å². The van der Waals surface area contributed by atoms with Gasteiger partial charge in [0.15, 0.2) is 0 Å². The fraction of sp³-hybridized carbons (Fsp3) is 0.290. The molecule has 0 bridgehead atoms. The topological polar surface area (TPSA) is 128 Å². The Morgan fingerprint density at radius 2 is 1.62 bits per heavy atom. The van der Waals surface area contributed by atoms with Crippen LogP contribution in [0, 0.1) is 5.92 Å². The first-order chi connectivity index (χ1) is 19.4. The smallest absolute Gasteiger partial charge is 0.272 e. The van der Waals surface area contributed by atoms with E-state index in [-0.39, 0.29) is 35.3 Å². The van der Waals surface area contributed by atoms with Crippen LogP contribution in [0.5, 0.6) is 0 Å². The number of hydrogen-bond acceptors (Lipinski definition) is 6. The number of amides is 2. The molecule has 2 unspecified atom stereocenters. The van der Waals surface area contributed by atoms with Gasteiger partial charge in [0, 0.05) is 42.2 Å². The standard InChI is InChI=1S/C31H34N6O3/c1-18(2)29(38)33-15-16-34-30(39)22-13-11-20(12-14-22)25-27(21-9-7-19(8-10-21)17-32-3)35-24-6-4-5-23-26(24)28(25)36-37-31(23)40/h4-14,18,25,27,32,35H,15-17H2,1-3H3,(H,33,38)(H,34,39)(H,37,40). The molecule has 40 heavy (non-hydrogen) atoms. The van der Waals surface area contributed by atoms with Gasteiger partial charge < -0.3 is 21.3 Å². The van der Waals surface area contributed by atoms with Gasteiger partial charge in [-0.05, 0) is 48.0 Å². The molecule has 1 aliphatic heterocycles. The third kappa shape index (κ3) is 5.46. The van der Waals surface area contributed by atoms with E-state index < -0.39 is 0 Å². The highest BCUT2D eigenvalue weighted by Gasteiger charge is 2.34.